The minimum absolute atomic E-state index is 0.125. The lowest BCUT2D eigenvalue weighted by atomic mass is 10.1. The molecule has 0 fully saturated rings. The van der Waals surface area contributed by atoms with Crippen LogP contribution in [0.5, 0.6) is 0 Å². The fourth-order valence-electron chi connectivity index (χ4n) is 2.50. The van der Waals surface area contributed by atoms with E-state index in [9.17, 15) is 4.79 Å². The van der Waals surface area contributed by atoms with E-state index in [1.54, 1.807) is 0 Å². The number of hydrogen-bond acceptors (Lipinski definition) is 3. The van der Waals surface area contributed by atoms with E-state index in [-0.39, 0.29) is 5.97 Å². The molecule has 0 saturated carbocycles. The van der Waals surface area contributed by atoms with Crippen molar-refractivity contribution in [3.8, 4) is 0 Å². The molecule has 3 heteroatoms. The zero-order valence-electron chi connectivity index (χ0n) is 15.1. The van der Waals surface area contributed by atoms with Gasteiger partial charge in [-0.3, -0.25) is 9.69 Å². The van der Waals surface area contributed by atoms with Gasteiger partial charge in [0.2, 0.25) is 0 Å². The summed E-state index contributed by atoms with van der Waals surface area (Å²) in [5, 5.41) is 0. The van der Waals surface area contributed by atoms with Gasteiger partial charge in [0.25, 0.3) is 0 Å². The monoisotopic (exact) mass is 319 g/mol. The quantitative estimate of drug-likeness (QED) is 0.540. The lowest BCUT2D eigenvalue weighted by Gasteiger charge is -2.21. The molecule has 0 aliphatic carbocycles. The Kier molecular flexibility index (Phi) is 10.4. The van der Waals surface area contributed by atoms with Gasteiger partial charge in [0.1, 0.15) is 6.61 Å². The third-order valence-electron chi connectivity index (χ3n) is 4.11. The van der Waals surface area contributed by atoms with E-state index in [1.807, 2.05) is 12.1 Å². The number of benzene rings is 1. The average molecular weight is 319 g/mol. The molecule has 3 nitrogen and oxygen atoms in total. The van der Waals surface area contributed by atoms with Crippen LogP contribution in [0.1, 0.15) is 57.6 Å². The molecule has 0 unspecified atom stereocenters. The molecular formula is C20H33NO2. The van der Waals surface area contributed by atoms with Gasteiger partial charge in [0.15, 0.2) is 0 Å². The van der Waals surface area contributed by atoms with Crippen molar-refractivity contribution >= 4 is 5.97 Å². The fraction of sp³-hybridized carbons (Fsp3) is 0.650. The van der Waals surface area contributed by atoms with Gasteiger partial charge >= 0.3 is 5.97 Å². The van der Waals surface area contributed by atoms with E-state index in [2.05, 4.69) is 37.8 Å². The Labute approximate surface area is 142 Å². The summed E-state index contributed by atoms with van der Waals surface area (Å²) in [6.45, 7) is 10.1. The van der Waals surface area contributed by atoms with Crippen LogP contribution in [0.4, 0.5) is 0 Å². The molecule has 130 valence electrons. The van der Waals surface area contributed by atoms with E-state index in [4.69, 9.17) is 4.74 Å². The molecule has 1 aromatic rings. The van der Waals surface area contributed by atoms with Gasteiger partial charge < -0.3 is 4.74 Å². The number of unbranched alkanes of at least 4 members (excludes halogenated alkanes) is 2. The Morgan fingerprint density at radius 2 is 1.48 bits per heavy atom. The van der Waals surface area contributed by atoms with Gasteiger partial charge in [-0.05, 0) is 43.5 Å². The van der Waals surface area contributed by atoms with Crippen LogP contribution in [0, 0.1) is 0 Å². The summed E-state index contributed by atoms with van der Waals surface area (Å²) in [7, 11) is 0. The van der Waals surface area contributed by atoms with E-state index < -0.39 is 0 Å². The molecule has 23 heavy (non-hydrogen) atoms. The van der Waals surface area contributed by atoms with E-state index in [0.29, 0.717) is 13.0 Å². The first-order valence-electron chi connectivity index (χ1n) is 9.15. The zero-order chi connectivity index (χ0) is 16.9. The number of carbonyl (C=O) groups is 1. The van der Waals surface area contributed by atoms with Crippen molar-refractivity contribution in [2.24, 2.45) is 0 Å². The van der Waals surface area contributed by atoms with Crippen molar-refractivity contribution in [3.63, 3.8) is 0 Å². The number of aryl methyl sites for hydroxylation is 1. The van der Waals surface area contributed by atoms with Gasteiger partial charge in [-0.25, -0.2) is 0 Å². The molecule has 0 heterocycles. The van der Waals surface area contributed by atoms with E-state index in [1.165, 1.54) is 31.2 Å². The predicted molar refractivity (Wildman–Crippen MR) is 96.7 cm³/mol. The molecule has 0 N–H and O–H groups in total. The minimum atomic E-state index is -0.125. The summed E-state index contributed by atoms with van der Waals surface area (Å²) in [5.74, 6) is -0.125. The molecule has 0 radical (unpaired) electrons. The van der Waals surface area contributed by atoms with Crippen LogP contribution in [-0.4, -0.2) is 37.1 Å². The Hall–Kier alpha value is -1.35. The number of carbonyl (C=O) groups excluding carboxylic acids is 1. The largest absolute Gasteiger partial charge is 0.464 e. The van der Waals surface area contributed by atoms with Gasteiger partial charge in [-0.15, -0.1) is 0 Å². The number of ether oxygens (including phenoxy) is 1. The summed E-state index contributed by atoms with van der Waals surface area (Å²) in [6.07, 6.45) is 6.22. The van der Waals surface area contributed by atoms with Gasteiger partial charge in [0.05, 0.1) is 6.42 Å². The van der Waals surface area contributed by atoms with Crippen LogP contribution in [0.15, 0.2) is 24.3 Å². The molecule has 1 aromatic carbocycles. The highest BCUT2D eigenvalue weighted by Crippen LogP contribution is 2.06. The van der Waals surface area contributed by atoms with Crippen LogP contribution in [0.2, 0.25) is 0 Å². The van der Waals surface area contributed by atoms with Gasteiger partial charge in [0, 0.05) is 6.54 Å². The normalized spacial score (nSPS) is 11.0. The smallest absolute Gasteiger partial charge is 0.310 e. The van der Waals surface area contributed by atoms with Gasteiger partial charge in [-0.1, -0.05) is 57.9 Å². The Balaban J connectivity index is 2.29. The maximum absolute atomic E-state index is 11.9. The topological polar surface area (TPSA) is 29.5 Å². The summed E-state index contributed by atoms with van der Waals surface area (Å²) in [5.41, 5.74) is 2.32. The molecule has 1 rings (SSSR count). The third kappa shape index (κ3) is 8.75. The van der Waals surface area contributed by atoms with Crippen molar-refractivity contribution < 1.29 is 9.53 Å². The standard InChI is InChI=1S/C20H33NO2/c1-4-7-13-21(14-8-5-2)15-16-23-20(22)17-19-11-9-18(6-3)10-12-19/h9-12H,4-8,13-17H2,1-3H3. The second-order valence-corrected chi connectivity index (χ2v) is 6.12. The Bertz CT molecular complexity index is 420. The Morgan fingerprint density at radius 3 is 2.00 bits per heavy atom. The first-order chi connectivity index (χ1) is 11.2. The highest BCUT2D eigenvalue weighted by Gasteiger charge is 2.08. The molecule has 0 spiro atoms. The molecule has 0 saturated heterocycles. The van der Waals surface area contributed by atoms with Crippen LogP contribution in [-0.2, 0) is 22.4 Å². The fourth-order valence-corrected chi connectivity index (χ4v) is 2.50. The van der Waals surface area contributed by atoms with Crippen LogP contribution in [0.25, 0.3) is 0 Å². The lowest BCUT2D eigenvalue weighted by molar-refractivity contribution is -0.143. The third-order valence-corrected chi connectivity index (χ3v) is 4.11. The zero-order valence-corrected chi connectivity index (χ0v) is 15.1. The SMILES string of the molecule is CCCCN(CCCC)CCOC(=O)Cc1ccc(CC)cc1. The van der Waals surface area contributed by atoms with Crippen LogP contribution < -0.4 is 0 Å². The number of hydrogen-bond donors (Lipinski definition) is 0. The second kappa shape index (κ2) is 12.1. The first kappa shape index (κ1) is 19.7. The van der Waals surface area contributed by atoms with Crippen molar-refractivity contribution in [2.45, 2.75) is 59.3 Å². The molecule has 0 amide bonds. The Morgan fingerprint density at radius 1 is 0.913 bits per heavy atom. The van der Waals surface area contributed by atoms with Crippen LogP contribution >= 0.6 is 0 Å². The predicted octanol–water partition coefficient (Wildman–Crippen LogP) is 4.24. The maximum Gasteiger partial charge on any atom is 0.310 e. The molecule has 0 aromatic heterocycles. The average Bonchev–Trinajstić information content (AvgIpc) is 2.57. The molecule has 0 aliphatic heterocycles. The van der Waals surface area contributed by atoms with Crippen molar-refractivity contribution in [3.05, 3.63) is 35.4 Å². The summed E-state index contributed by atoms with van der Waals surface area (Å²) >= 11 is 0. The van der Waals surface area contributed by atoms with E-state index in [0.717, 1.165) is 31.6 Å². The highest BCUT2D eigenvalue weighted by molar-refractivity contribution is 5.72. The first-order valence-corrected chi connectivity index (χ1v) is 9.15. The number of esters is 1. The second-order valence-electron chi connectivity index (χ2n) is 6.12. The van der Waals surface area contributed by atoms with Gasteiger partial charge in [-0.2, -0.15) is 0 Å². The molecular weight excluding hydrogens is 286 g/mol. The molecule has 0 atom stereocenters. The summed E-state index contributed by atoms with van der Waals surface area (Å²) in [6, 6.07) is 8.21. The summed E-state index contributed by atoms with van der Waals surface area (Å²) in [4.78, 5) is 14.3. The number of rotatable bonds is 12. The van der Waals surface area contributed by atoms with Crippen LogP contribution in [0.3, 0.4) is 0 Å². The molecule has 0 bridgehead atoms. The minimum Gasteiger partial charge on any atom is -0.464 e. The maximum atomic E-state index is 11.9. The van der Waals surface area contributed by atoms with Crippen molar-refractivity contribution in [1.29, 1.82) is 0 Å². The highest BCUT2D eigenvalue weighted by atomic mass is 16.5. The lowest BCUT2D eigenvalue weighted by Crippen LogP contribution is -2.30. The summed E-state index contributed by atoms with van der Waals surface area (Å²) < 4.78 is 5.41. The number of nitrogens with zero attached hydrogens (tertiary/aromatic N) is 1. The van der Waals surface area contributed by atoms with Crippen molar-refractivity contribution in [2.75, 3.05) is 26.2 Å². The molecule has 0 aliphatic rings. The van der Waals surface area contributed by atoms with E-state index >= 15 is 0 Å². The van der Waals surface area contributed by atoms with Crippen molar-refractivity contribution in [1.82, 2.24) is 4.90 Å².